The summed E-state index contributed by atoms with van der Waals surface area (Å²) in [5, 5.41) is 0.132. The van der Waals surface area contributed by atoms with Gasteiger partial charge in [0.25, 0.3) is 0 Å². The summed E-state index contributed by atoms with van der Waals surface area (Å²) in [6.07, 6.45) is 0.103. The minimum absolute atomic E-state index is 0.00486. The summed E-state index contributed by atoms with van der Waals surface area (Å²) in [6.45, 7) is 2.56. The monoisotopic (exact) mass is 369 g/mol. The van der Waals surface area contributed by atoms with Crippen LogP contribution in [0, 0.1) is 0 Å². The number of nitrogens with two attached hydrogens (primary N) is 1. The van der Waals surface area contributed by atoms with Crippen LogP contribution in [-0.2, 0) is 23.8 Å². The molecule has 0 saturated carbocycles. The topological polar surface area (TPSA) is 131 Å². The summed E-state index contributed by atoms with van der Waals surface area (Å²) in [5.74, 6) is -0.897. The lowest BCUT2D eigenvalue weighted by Crippen LogP contribution is -2.31. The molecule has 3 heterocycles. The molecular weight excluding hydrogens is 354 g/mol. The van der Waals surface area contributed by atoms with Crippen LogP contribution in [0.2, 0.25) is 5.15 Å². The van der Waals surface area contributed by atoms with Gasteiger partial charge in [-0.25, -0.2) is 4.98 Å². The number of carbonyl (C=O) groups is 2. The molecule has 1 aliphatic heterocycles. The van der Waals surface area contributed by atoms with Crippen LogP contribution >= 0.6 is 11.6 Å². The van der Waals surface area contributed by atoms with Crippen molar-refractivity contribution in [1.29, 1.82) is 0 Å². The van der Waals surface area contributed by atoms with Gasteiger partial charge < -0.3 is 19.9 Å². The second-order valence-electron chi connectivity index (χ2n) is 5.51. The van der Waals surface area contributed by atoms with E-state index in [0.29, 0.717) is 17.6 Å². The lowest BCUT2D eigenvalue weighted by Gasteiger charge is -2.17. The van der Waals surface area contributed by atoms with Crippen LogP contribution in [0.1, 0.15) is 26.5 Å². The predicted octanol–water partition coefficient (Wildman–Crippen LogP) is 0.844. The maximum absolute atomic E-state index is 11.3. The third-order valence-electron chi connectivity index (χ3n) is 3.66. The van der Waals surface area contributed by atoms with Crippen LogP contribution in [0.25, 0.3) is 11.2 Å². The van der Waals surface area contributed by atoms with Gasteiger partial charge in [0.2, 0.25) is 5.95 Å². The fourth-order valence-electron chi connectivity index (χ4n) is 2.67. The Labute approximate surface area is 147 Å². The van der Waals surface area contributed by atoms with Gasteiger partial charge in [-0.1, -0.05) is 11.6 Å². The summed E-state index contributed by atoms with van der Waals surface area (Å²) < 4.78 is 17.8. The molecule has 25 heavy (non-hydrogen) atoms. The van der Waals surface area contributed by atoms with E-state index >= 15 is 0 Å². The highest BCUT2D eigenvalue weighted by Gasteiger charge is 2.40. The Morgan fingerprint density at radius 3 is 2.84 bits per heavy atom. The molecule has 0 radical (unpaired) electrons. The molecule has 0 spiro atoms. The molecule has 10 nitrogen and oxygen atoms in total. The Hall–Kier alpha value is -2.46. The maximum Gasteiger partial charge on any atom is 0.303 e. The Morgan fingerprint density at radius 2 is 2.16 bits per heavy atom. The number of rotatable bonds is 4. The van der Waals surface area contributed by atoms with Gasteiger partial charge >= 0.3 is 11.9 Å². The van der Waals surface area contributed by atoms with Crippen LogP contribution in [-0.4, -0.2) is 50.3 Å². The average molecular weight is 370 g/mol. The van der Waals surface area contributed by atoms with Crippen molar-refractivity contribution in [2.24, 2.45) is 0 Å². The van der Waals surface area contributed by atoms with E-state index in [4.69, 9.17) is 31.5 Å². The summed E-state index contributed by atoms with van der Waals surface area (Å²) in [6, 6.07) is 0. The number of halogens is 1. The van der Waals surface area contributed by atoms with Crippen molar-refractivity contribution >= 4 is 40.7 Å². The van der Waals surface area contributed by atoms with Crippen molar-refractivity contribution in [3.63, 3.8) is 0 Å². The van der Waals surface area contributed by atoms with Crippen LogP contribution in [0.4, 0.5) is 5.95 Å². The first-order valence-corrected chi connectivity index (χ1v) is 7.84. The molecule has 2 aromatic heterocycles. The zero-order valence-corrected chi connectivity index (χ0v) is 14.3. The predicted molar refractivity (Wildman–Crippen MR) is 85.5 cm³/mol. The number of hydrogen-bond acceptors (Lipinski definition) is 9. The van der Waals surface area contributed by atoms with E-state index in [-0.39, 0.29) is 17.7 Å². The third-order valence-corrected chi connectivity index (χ3v) is 3.92. The van der Waals surface area contributed by atoms with Crippen molar-refractivity contribution in [3.8, 4) is 0 Å². The van der Waals surface area contributed by atoms with Crippen LogP contribution in [0.3, 0.4) is 0 Å². The highest BCUT2D eigenvalue weighted by atomic mass is 35.5. The molecular formula is C14H16ClN5O5. The molecule has 0 aromatic carbocycles. The van der Waals surface area contributed by atoms with Gasteiger partial charge in [-0.2, -0.15) is 9.97 Å². The summed E-state index contributed by atoms with van der Waals surface area (Å²) in [4.78, 5) is 34.5. The summed E-state index contributed by atoms with van der Waals surface area (Å²) in [7, 11) is 0. The van der Waals surface area contributed by atoms with Gasteiger partial charge in [-0.3, -0.25) is 14.2 Å². The number of fused-ring (bicyclic) bond motifs is 1. The number of aromatic nitrogens is 4. The van der Waals surface area contributed by atoms with E-state index in [9.17, 15) is 9.59 Å². The molecule has 2 N–H and O–H groups in total. The van der Waals surface area contributed by atoms with Crippen LogP contribution in [0.5, 0.6) is 0 Å². The molecule has 1 fully saturated rings. The lowest BCUT2D eigenvalue weighted by molar-refractivity contribution is -0.155. The van der Waals surface area contributed by atoms with Crippen molar-refractivity contribution in [2.75, 3.05) is 12.3 Å². The molecule has 0 amide bonds. The quantitative estimate of drug-likeness (QED) is 0.615. The van der Waals surface area contributed by atoms with E-state index in [1.54, 1.807) is 4.57 Å². The number of anilines is 1. The number of hydrogen-bond donors (Lipinski definition) is 1. The van der Waals surface area contributed by atoms with Crippen LogP contribution < -0.4 is 5.73 Å². The molecule has 134 valence electrons. The van der Waals surface area contributed by atoms with Crippen molar-refractivity contribution in [3.05, 3.63) is 11.5 Å². The Kier molecular flexibility index (Phi) is 4.73. The molecule has 3 atom stereocenters. The lowest BCUT2D eigenvalue weighted by atomic mass is 10.2. The highest BCUT2D eigenvalue weighted by molar-refractivity contribution is 6.33. The van der Waals surface area contributed by atoms with Gasteiger partial charge in [0.05, 0.1) is 6.33 Å². The van der Waals surface area contributed by atoms with Crippen molar-refractivity contribution in [2.45, 2.75) is 38.7 Å². The van der Waals surface area contributed by atoms with E-state index in [2.05, 4.69) is 15.0 Å². The fraction of sp³-hybridized carbons (Fsp3) is 0.500. The largest absolute Gasteiger partial charge is 0.463 e. The van der Waals surface area contributed by atoms with Gasteiger partial charge in [0.15, 0.2) is 10.8 Å². The van der Waals surface area contributed by atoms with E-state index in [1.165, 1.54) is 20.2 Å². The first-order chi connectivity index (χ1) is 11.8. The molecule has 0 aliphatic carbocycles. The molecule has 11 heteroatoms. The zero-order chi connectivity index (χ0) is 18.1. The number of esters is 2. The second-order valence-corrected chi connectivity index (χ2v) is 5.87. The van der Waals surface area contributed by atoms with Gasteiger partial charge in [0.1, 0.15) is 30.6 Å². The molecule has 3 rings (SSSR count). The third kappa shape index (κ3) is 3.64. The minimum atomic E-state index is -0.607. The Balaban J connectivity index is 1.87. The summed E-state index contributed by atoms with van der Waals surface area (Å²) in [5.41, 5.74) is 6.42. The highest BCUT2D eigenvalue weighted by Crippen LogP contribution is 2.33. The SMILES string of the molecule is CC(=O)OC[C@H]1O[C@@H](n2cnc3c(Cl)nc(N)nc32)CC1OC(C)=O. The van der Waals surface area contributed by atoms with Gasteiger partial charge in [0, 0.05) is 20.3 Å². The number of imidazole rings is 1. The Morgan fingerprint density at radius 1 is 1.40 bits per heavy atom. The van der Waals surface area contributed by atoms with Crippen molar-refractivity contribution < 1.29 is 23.8 Å². The molecule has 1 aliphatic rings. The Bertz CT molecular complexity index is 825. The minimum Gasteiger partial charge on any atom is -0.463 e. The first-order valence-electron chi connectivity index (χ1n) is 7.46. The van der Waals surface area contributed by atoms with Crippen molar-refractivity contribution in [1.82, 2.24) is 19.5 Å². The number of nitrogen functional groups attached to an aromatic ring is 1. The van der Waals surface area contributed by atoms with E-state index in [0.717, 1.165) is 0 Å². The standard InChI is InChI=1S/C14H16ClN5O5/c1-6(21)23-4-9-8(24-7(2)22)3-10(25-9)20-5-17-11-12(15)18-14(16)19-13(11)20/h5,8-10H,3-4H2,1-2H3,(H2,16,18,19)/t8?,9-,10-/m1/s1. The number of ether oxygens (including phenoxy) is 3. The van der Waals surface area contributed by atoms with E-state index in [1.807, 2.05) is 0 Å². The average Bonchev–Trinajstić information content (AvgIpc) is 3.08. The number of carbonyl (C=O) groups excluding carboxylic acids is 2. The van der Waals surface area contributed by atoms with Crippen LogP contribution in [0.15, 0.2) is 6.33 Å². The van der Waals surface area contributed by atoms with Gasteiger partial charge in [-0.05, 0) is 0 Å². The van der Waals surface area contributed by atoms with E-state index < -0.39 is 30.4 Å². The molecule has 1 saturated heterocycles. The van der Waals surface area contributed by atoms with Gasteiger partial charge in [-0.15, -0.1) is 0 Å². The molecule has 1 unspecified atom stereocenters. The maximum atomic E-state index is 11.3. The second kappa shape index (κ2) is 6.81. The number of nitrogens with zero attached hydrogens (tertiary/aromatic N) is 4. The molecule has 2 aromatic rings. The fourth-order valence-corrected chi connectivity index (χ4v) is 2.89. The molecule has 0 bridgehead atoms. The normalized spacial score (nSPS) is 22.9. The zero-order valence-electron chi connectivity index (χ0n) is 13.5. The first kappa shape index (κ1) is 17.4. The summed E-state index contributed by atoms with van der Waals surface area (Å²) >= 11 is 6.02. The smallest absolute Gasteiger partial charge is 0.303 e.